The molecule has 0 saturated carbocycles. The summed E-state index contributed by atoms with van der Waals surface area (Å²) in [5, 5.41) is 0. The highest BCUT2D eigenvalue weighted by Gasteiger charge is 2.41. The van der Waals surface area contributed by atoms with Crippen molar-refractivity contribution in [3.8, 4) is 5.75 Å². The van der Waals surface area contributed by atoms with Crippen LogP contribution in [0.2, 0.25) is 0 Å². The number of hydrogen-bond acceptors (Lipinski definition) is 3. The first kappa shape index (κ1) is 12.5. The van der Waals surface area contributed by atoms with E-state index in [9.17, 15) is 0 Å². The van der Waals surface area contributed by atoms with Gasteiger partial charge in [0.25, 0.3) is 0 Å². The number of nitrogens with two attached hydrogens (primary N) is 1. The maximum atomic E-state index is 6.16. The Morgan fingerprint density at radius 1 is 1.29 bits per heavy atom. The second kappa shape index (κ2) is 4.39. The fraction of sp³-hybridized carbons (Fsp3) is 0.538. The van der Waals surface area contributed by atoms with Crippen LogP contribution in [-0.2, 0) is 6.42 Å². The van der Waals surface area contributed by atoms with E-state index < -0.39 is 0 Å². The van der Waals surface area contributed by atoms with Gasteiger partial charge in [0, 0.05) is 43.6 Å². The highest BCUT2D eigenvalue weighted by Crippen LogP contribution is 2.41. The minimum absolute atomic E-state index is 0. The van der Waals surface area contributed by atoms with Gasteiger partial charge in [-0.3, -0.25) is 0 Å². The Hall–Kier alpha value is -0.930. The molecular weight excluding hydrogens is 236 g/mol. The van der Waals surface area contributed by atoms with E-state index in [1.807, 2.05) is 12.1 Å². The summed E-state index contributed by atoms with van der Waals surface area (Å²) < 4.78 is 6.16. The van der Waals surface area contributed by atoms with Crippen LogP contribution in [0.1, 0.15) is 18.4 Å². The van der Waals surface area contributed by atoms with Gasteiger partial charge < -0.3 is 15.4 Å². The topological polar surface area (TPSA) is 38.5 Å². The average Bonchev–Trinajstić information content (AvgIpc) is 2.60. The van der Waals surface area contributed by atoms with Gasteiger partial charge in [-0.1, -0.05) is 0 Å². The predicted molar refractivity (Wildman–Crippen MR) is 71.9 cm³/mol. The third kappa shape index (κ3) is 2.22. The predicted octanol–water partition coefficient (Wildman–Crippen LogP) is 2.09. The Morgan fingerprint density at radius 2 is 2.00 bits per heavy atom. The number of rotatable bonds is 0. The van der Waals surface area contributed by atoms with Crippen molar-refractivity contribution in [1.29, 1.82) is 0 Å². The lowest BCUT2D eigenvalue weighted by atomic mass is 9.87. The molecule has 1 saturated heterocycles. The van der Waals surface area contributed by atoms with Crippen molar-refractivity contribution >= 4 is 18.1 Å². The Bertz CT molecular complexity index is 414. The molecule has 1 aromatic carbocycles. The molecule has 0 aromatic heterocycles. The van der Waals surface area contributed by atoms with Crippen LogP contribution in [0, 0.1) is 0 Å². The Labute approximate surface area is 108 Å². The lowest BCUT2D eigenvalue weighted by Gasteiger charge is -2.37. The van der Waals surface area contributed by atoms with Gasteiger partial charge in [0.15, 0.2) is 0 Å². The Morgan fingerprint density at radius 3 is 2.71 bits per heavy atom. The number of piperidine rings is 1. The Kier molecular flexibility index (Phi) is 3.23. The zero-order valence-electron chi connectivity index (χ0n) is 10.1. The minimum Gasteiger partial charge on any atom is -0.487 e. The molecule has 94 valence electrons. The molecule has 0 aliphatic carbocycles. The number of nitrogens with zero attached hydrogens (tertiary/aromatic N) is 1. The van der Waals surface area contributed by atoms with Crippen molar-refractivity contribution in [2.24, 2.45) is 0 Å². The number of nitrogen functional groups attached to an aromatic ring is 1. The summed E-state index contributed by atoms with van der Waals surface area (Å²) in [6.45, 7) is 2.26. The van der Waals surface area contributed by atoms with Crippen molar-refractivity contribution in [3.63, 3.8) is 0 Å². The van der Waals surface area contributed by atoms with Crippen molar-refractivity contribution in [3.05, 3.63) is 23.8 Å². The van der Waals surface area contributed by atoms with Crippen molar-refractivity contribution in [2.45, 2.75) is 24.9 Å². The monoisotopic (exact) mass is 254 g/mol. The quantitative estimate of drug-likeness (QED) is 0.721. The van der Waals surface area contributed by atoms with E-state index in [4.69, 9.17) is 10.5 Å². The smallest absolute Gasteiger partial charge is 0.123 e. The van der Waals surface area contributed by atoms with Gasteiger partial charge in [0.05, 0.1) is 0 Å². The van der Waals surface area contributed by atoms with Crippen LogP contribution in [0.3, 0.4) is 0 Å². The van der Waals surface area contributed by atoms with Gasteiger partial charge >= 0.3 is 0 Å². The highest BCUT2D eigenvalue weighted by molar-refractivity contribution is 5.85. The van der Waals surface area contributed by atoms with Crippen molar-refractivity contribution in [2.75, 3.05) is 25.9 Å². The standard InChI is InChI=1S/C13H18N2O.ClH/c1-15-6-4-13(5-7-15)9-10-8-11(14)2-3-12(10)16-13;/h2-3,8H,4-7,9,14H2,1H3;1H. The largest absolute Gasteiger partial charge is 0.487 e. The van der Waals surface area contributed by atoms with E-state index >= 15 is 0 Å². The molecule has 1 aromatic rings. The van der Waals surface area contributed by atoms with Crippen LogP contribution in [-0.4, -0.2) is 30.6 Å². The molecule has 0 bridgehead atoms. The second-order valence-electron chi connectivity index (χ2n) is 5.13. The van der Waals surface area contributed by atoms with E-state index in [1.165, 1.54) is 5.56 Å². The van der Waals surface area contributed by atoms with Gasteiger partial charge in [0.1, 0.15) is 11.4 Å². The number of halogens is 1. The number of fused-ring (bicyclic) bond motifs is 1. The zero-order chi connectivity index (χ0) is 11.2. The molecule has 2 heterocycles. The fourth-order valence-corrected chi connectivity index (χ4v) is 2.76. The maximum absolute atomic E-state index is 6.16. The average molecular weight is 255 g/mol. The molecule has 3 rings (SSSR count). The van der Waals surface area contributed by atoms with Gasteiger partial charge in [-0.15, -0.1) is 12.4 Å². The van der Waals surface area contributed by atoms with Crippen molar-refractivity contribution < 1.29 is 4.74 Å². The number of benzene rings is 1. The third-order valence-corrected chi connectivity index (χ3v) is 3.82. The van der Waals surface area contributed by atoms with Gasteiger partial charge in [-0.2, -0.15) is 0 Å². The summed E-state index contributed by atoms with van der Waals surface area (Å²) in [6.07, 6.45) is 3.28. The third-order valence-electron chi connectivity index (χ3n) is 3.82. The fourth-order valence-electron chi connectivity index (χ4n) is 2.76. The zero-order valence-corrected chi connectivity index (χ0v) is 10.9. The molecule has 2 aliphatic heterocycles. The molecule has 4 heteroatoms. The van der Waals surface area contributed by atoms with Gasteiger partial charge in [0.2, 0.25) is 0 Å². The number of anilines is 1. The minimum atomic E-state index is 0. The summed E-state index contributed by atoms with van der Waals surface area (Å²) in [5.74, 6) is 1.04. The van der Waals surface area contributed by atoms with Crippen LogP contribution in [0.25, 0.3) is 0 Å². The number of hydrogen-bond donors (Lipinski definition) is 1. The summed E-state index contributed by atoms with van der Waals surface area (Å²) in [6, 6.07) is 5.99. The van der Waals surface area contributed by atoms with E-state index in [0.717, 1.165) is 43.8 Å². The molecular formula is C13H19ClN2O. The van der Waals surface area contributed by atoms with Crippen LogP contribution >= 0.6 is 12.4 Å². The van der Waals surface area contributed by atoms with E-state index in [2.05, 4.69) is 18.0 Å². The summed E-state index contributed by atoms with van der Waals surface area (Å²) >= 11 is 0. The van der Waals surface area contributed by atoms with Gasteiger partial charge in [-0.25, -0.2) is 0 Å². The lowest BCUT2D eigenvalue weighted by Crippen LogP contribution is -2.45. The first-order valence-electron chi connectivity index (χ1n) is 5.93. The number of ether oxygens (including phenoxy) is 1. The molecule has 0 radical (unpaired) electrons. The summed E-state index contributed by atoms with van der Waals surface area (Å²) in [4.78, 5) is 2.37. The maximum Gasteiger partial charge on any atom is 0.123 e. The van der Waals surface area contributed by atoms with Gasteiger partial charge in [-0.05, 0) is 25.2 Å². The second-order valence-corrected chi connectivity index (χ2v) is 5.13. The lowest BCUT2D eigenvalue weighted by molar-refractivity contribution is 0.0271. The summed E-state index contributed by atoms with van der Waals surface area (Å²) in [5.41, 5.74) is 7.99. The molecule has 0 amide bonds. The van der Waals surface area contributed by atoms with Crippen molar-refractivity contribution in [1.82, 2.24) is 4.90 Å². The molecule has 3 nitrogen and oxygen atoms in total. The van der Waals surface area contributed by atoms with E-state index in [-0.39, 0.29) is 18.0 Å². The van der Waals surface area contributed by atoms with Crippen LogP contribution in [0.15, 0.2) is 18.2 Å². The first-order valence-corrected chi connectivity index (χ1v) is 5.93. The molecule has 0 atom stereocenters. The first-order chi connectivity index (χ1) is 7.67. The molecule has 1 spiro atoms. The molecule has 2 N–H and O–H groups in total. The molecule has 0 unspecified atom stereocenters. The SMILES string of the molecule is CN1CCC2(CC1)Cc1cc(N)ccc1O2.Cl. The van der Waals surface area contributed by atoms with Crippen LogP contribution in [0.4, 0.5) is 5.69 Å². The van der Waals surface area contributed by atoms with E-state index in [1.54, 1.807) is 0 Å². The molecule has 2 aliphatic rings. The van der Waals surface area contributed by atoms with E-state index in [0.29, 0.717) is 0 Å². The highest BCUT2D eigenvalue weighted by atomic mass is 35.5. The van der Waals surface area contributed by atoms with Crippen LogP contribution in [0.5, 0.6) is 5.75 Å². The molecule has 17 heavy (non-hydrogen) atoms. The summed E-state index contributed by atoms with van der Waals surface area (Å²) in [7, 11) is 2.17. The number of likely N-dealkylation sites (tertiary alicyclic amines) is 1. The van der Waals surface area contributed by atoms with Crippen LogP contribution < -0.4 is 10.5 Å². The molecule has 1 fully saturated rings. The normalized spacial score (nSPS) is 21.7. The Balaban J connectivity index is 0.00000108.